The molecule has 31 heavy (non-hydrogen) atoms. The summed E-state index contributed by atoms with van der Waals surface area (Å²) in [5.41, 5.74) is 9.69. The van der Waals surface area contributed by atoms with E-state index in [4.69, 9.17) is 10.5 Å². The third-order valence-electron chi connectivity index (χ3n) is 6.11. The molecule has 2 aromatic carbocycles. The predicted octanol–water partition coefficient (Wildman–Crippen LogP) is -0.200. The predicted molar refractivity (Wildman–Crippen MR) is 119 cm³/mol. The minimum Gasteiger partial charge on any atom is -0.396 e. The van der Waals surface area contributed by atoms with Crippen molar-refractivity contribution in [1.82, 2.24) is 0 Å². The molecule has 0 unspecified atom stereocenters. The van der Waals surface area contributed by atoms with Crippen LogP contribution in [0.2, 0.25) is 0 Å². The Morgan fingerprint density at radius 2 is 1.77 bits per heavy atom. The van der Waals surface area contributed by atoms with Crippen LogP contribution in [0.5, 0.6) is 0 Å². The second-order valence-electron chi connectivity index (χ2n) is 7.94. The summed E-state index contributed by atoms with van der Waals surface area (Å²) in [6, 6.07) is 8.78. The molecule has 1 heterocycles. The summed E-state index contributed by atoms with van der Waals surface area (Å²) in [6.45, 7) is 5.13. The number of aliphatic hydroxyl groups is 1. The maximum atomic E-state index is 13.4. The average Bonchev–Trinajstić information content (AvgIpc) is 2.79. The van der Waals surface area contributed by atoms with Crippen molar-refractivity contribution in [1.29, 1.82) is 0 Å². The van der Waals surface area contributed by atoms with E-state index >= 15 is 0 Å². The van der Waals surface area contributed by atoms with Crippen LogP contribution < -0.4 is 20.9 Å². The van der Waals surface area contributed by atoms with Crippen LogP contribution in [0.15, 0.2) is 30.3 Å². The van der Waals surface area contributed by atoms with Crippen LogP contribution in [0.4, 0.5) is 17.1 Å². The first kappa shape index (κ1) is 21.3. The molecule has 0 spiro atoms. The number of nitrogen functional groups attached to an aromatic ring is 1. The number of fused-ring (bicyclic) bond motifs is 2. The lowest BCUT2D eigenvalue weighted by Crippen LogP contribution is -3.15. The van der Waals surface area contributed by atoms with Gasteiger partial charge in [-0.1, -0.05) is 24.3 Å². The van der Waals surface area contributed by atoms with Gasteiger partial charge in [-0.15, -0.1) is 0 Å². The summed E-state index contributed by atoms with van der Waals surface area (Å²) >= 11 is 0. The molecule has 0 radical (unpaired) electrons. The lowest BCUT2D eigenvalue weighted by Gasteiger charge is -2.35. The molecule has 0 aromatic heterocycles. The van der Waals surface area contributed by atoms with Crippen molar-refractivity contribution in [2.75, 3.05) is 75.5 Å². The standard InChI is InChI=1S/C23H28N4O4/c1-31-13-6-25-17-14-18(27-9-7-26(8-10-27)11-12-28)21(24)20-19(17)22(29)15-4-2-3-5-16(15)23(20)30/h2-5,14,25,28H,6-13,24H2,1H3/p+1. The van der Waals surface area contributed by atoms with E-state index in [2.05, 4.69) is 10.2 Å². The number of anilines is 3. The second-order valence-corrected chi connectivity index (χ2v) is 7.94. The van der Waals surface area contributed by atoms with E-state index in [1.807, 2.05) is 6.07 Å². The van der Waals surface area contributed by atoms with E-state index in [0.29, 0.717) is 41.2 Å². The van der Waals surface area contributed by atoms with Gasteiger partial charge in [-0.25, -0.2) is 0 Å². The highest BCUT2D eigenvalue weighted by atomic mass is 16.5. The molecule has 0 atom stereocenters. The van der Waals surface area contributed by atoms with Crippen LogP contribution in [-0.2, 0) is 4.74 Å². The zero-order valence-corrected chi connectivity index (χ0v) is 17.7. The Morgan fingerprint density at radius 1 is 1.13 bits per heavy atom. The Hall–Kier alpha value is -2.94. The van der Waals surface area contributed by atoms with Crippen molar-refractivity contribution in [2.45, 2.75) is 0 Å². The van der Waals surface area contributed by atoms with Crippen LogP contribution in [-0.4, -0.2) is 76.3 Å². The van der Waals surface area contributed by atoms with Gasteiger partial charge in [-0.3, -0.25) is 9.59 Å². The monoisotopic (exact) mass is 425 g/mol. The van der Waals surface area contributed by atoms with Gasteiger partial charge in [0.25, 0.3) is 0 Å². The summed E-state index contributed by atoms with van der Waals surface area (Å²) in [5.74, 6) is -0.413. The summed E-state index contributed by atoms with van der Waals surface area (Å²) in [7, 11) is 1.62. The molecule has 164 valence electrons. The normalized spacial score (nSPS) is 16.3. The molecule has 1 aliphatic heterocycles. The van der Waals surface area contributed by atoms with Crippen LogP contribution in [0.3, 0.4) is 0 Å². The van der Waals surface area contributed by atoms with Gasteiger partial charge in [0.1, 0.15) is 6.54 Å². The fraction of sp³-hybridized carbons (Fsp3) is 0.391. The second kappa shape index (κ2) is 9.05. The molecule has 4 rings (SSSR count). The summed E-state index contributed by atoms with van der Waals surface area (Å²) in [4.78, 5) is 30.2. The smallest absolute Gasteiger partial charge is 0.196 e. The fourth-order valence-electron chi connectivity index (χ4n) is 4.46. The molecule has 8 nitrogen and oxygen atoms in total. The van der Waals surface area contributed by atoms with Gasteiger partial charge in [-0.05, 0) is 6.07 Å². The lowest BCUT2D eigenvalue weighted by atomic mass is 9.81. The van der Waals surface area contributed by atoms with Crippen molar-refractivity contribution in [2.24, 2.45) is 0 Å². The van der Waals surface area contributed by atoms with Crippen LogP contribution in [0.25, 0.3) is 0 Å². The quantitative estimate of drug-likeness (QED) is 0.307. The first-order chi connectivity index (χ1) is 15.1. The number of carbonyl (C=O) groups excluding carboxylic acids is 2. The molecule has 0 bridgehead atoms. The Balaban J connectivity index is 1.77. The van der Waals surface area contributed by atoms with E-state index in [9.17, 15) is 14.7 Å². The van der Waals surface area contributed by atoms with Gasteiger partial charge in [0.15, 0.2) is 11.6 Å². The van der Waals surface area contributed by atoms with Crippen molar-refractivity contribution in [3.05, 3.63) is 52.6 Å². The average molecular weight is 426 g/mol. The van der Waals surface area contributed by atoms with E-state index in [1.165, 1.54) is 4.90 Å². The number of aliphatic hydroxyl groups excluding tert-OH is 1. The van der Waals surface area contributed by atoms with Crippen LogP contribution >= 0.6 is 0 Å². The number of hydrogen-bond donors (Lipinski definition) is 4. The molecule has 1 fully saturated rings. The summed E-state index contributed by atoms with van der Waals surface area (Å²) < 4.78 is 5.14. The molecule has 2 aromatic rings. The molecule has 0 amide bonds. The highest BCUT2D eigenvalue weighted by Crippen LogP contribution is 2.41. The zero-order chi connectivity index (χ0) is 22.0. The van der Waals surface area contributed by atoms with Gasteiger partial charge < -0.3 is 30.7 Å². The molecular formula is C23H29N4O4+. The Labute approximate surface area is 181 Å². The number of quaternary nitrogens is 1. The molecule has 5 N–H and O–H groups in total. The van der Waals surface area contributed by atoms with Gasteiger partial charge in [0.05, 0.1) is 61.9 Å². The highest BCUT2D eigenvalue weighted by Gasteiger charge is 2.35. The number of benzene rings is 2. The third-order valence-corrected chi connectivity index (χ3v) is 6.11. The number of hydrogen-bond acceptors (Lipinski definition) is 7. The van der Waals surface area contributed by atoms with Crippen molar-refractivity contribution >= 4 is 28.6 Å². The topological polar surface area (TPSA) is 109 Å². The van der Waals surface area contributed by atoms with E-state index < -0.39 is 0 Å². The lowest BCUT2D eigenvalue weighted by molar-refractivity contribution is -0.900. The number of piperazine rings is 1. The van der Waals surface area contributed by atoms with Crippen molar-refractivity contribution in [3.63, 3.8) is 0 Å². The van der Waals surface area contributed by atoms with Crippen molar-refractivity contribution < 1.29 is 24.3 Å². The highest BCUT2D eigenvalue weighted by molar-refractivity contribution is 6.32. The van der Waals surface area contributed by atoms with Gasteiger partial charge in [-0.2, -0.15) is 0 Å². The maximum Gasteiger partial charge on any atom is 0.196 e. The minimum absolute atomic E-state index is 0.167. The van der Waals surface area contributed by atoms with Crippen molar-refractivity contribution in [3.8, 4) is 0 Å². The number of methoxy groups -OCH3 is 1. The minimum atomic E-state index is -0.219. The number of ketones is 2. The van der Waals surface area contributed by atoms with Crippen LogP contribution in [0, 0.1) is 0 Å². The molecular weight excluding hydrogens is 396 g/mol. The number of rotatable bonds is 7. The number of nitrogens with zero attached hydrogens (tertiary/aromatic N) is 1. The van der Waals surface area contributed by atoms with Gasteiger partial charge in [0, 0.05) is 30.5 Å². The zero-order valence-electron chi connectivity index (χ0n) is 17.7. The SMILES string of the molecule is COCCNc1cc(N2CC[NH+](CCO)CC2)c(N)c2c1C(=O)c1ccccc1C2=O. The molecule has 8 heteroatoms. The Kier molecular flexibility index (Phi) is 6.22. The molecule has 0 saturated carbocycles. The first-order valence-electron chi connectivity index (χ1n) is 10.6. The molecule has 1 saturated heterocycles. The number of ether oxygens (including phenoxy) is 1. The van der Waals surface area contributed by atoms with Gasteiger partial charge >= 0.3 is 0 Å². The Bertz CT molecular complexity index is 999. The Morgan fingerprint density at radius 3 is 2.39 bits per heavy atom. The maximum absolute atomic E-state index is 13.4. The third kappa shape index (κ3) is 3.89. The summed E-state index contributed by atoms with van der Waals surface area (Å²) in [5, 5.41) is 12.5. The fourth-order valence-corrected chi connectivity index (χ4v) is 4.46. The largest absolute Gasteiger partial charge is 0.396 e. The van der Waals surface area contributed by atoms with E-state index in [1.54, 1.807) is 31.4 Å². The number of carbonyl (C=O) groups is 2. The van der Waals surface area contributed by atoms with Gasteiger partial charge in [0.2, 0.25) is 0 Å². The first-order valence-corrected chi connectivity index (χ1v) is 10.6. The van der Waals surface area contributed by atoms with Crippen LogP contribution in [0.1, 0.15) is 31.8 Å². The molecule has 1 aliphatic carbocycles. The summed E-state index contributed by atoms with van der Waals surface area (Å²) in [6.07, 6.45) is 0. The number of nitrogens with one attached hydrogen (secondary N) is 2. The van der Waals surface area contributed by atoms with E-state index in [-0.39, 0.29) is 23.7 Å². The van der Waals surface area contributed by atoms with E-state index in [0.717, 1.165) is 38.4 Å². The molecule has 2 aliphatic rings. The number of nitrogens with two attached hydrogens (primary N) is 1.